The molecule has 0 aliphatic carbocycles. The van der Waals surface area contributed by atoms with E-state index >= 15 is 0 Å². The highest BCUT2D eigenvalue weighted by Gasteiger charge is 2.22. The molecule has 3 heteroatoms. The SMILES string of the molecule is Cc1ccc2c(c1)C(O)OC(c1ccccc1)=N2. The molecular weight excluding hydrogens is 226 g/mol. The first-order chi connectivity index (χ1) is 8.74. The van der Waals surface area contributed by atoms with Gasteiger partial charge >= 0.3 is 0 Å². The van der Waals surface area contributed by atoms with Gasteiger partial charge in [0.15, 0.2) is 0 Å². The summed E-state index contributed by atoms with van der Waals surface area (Å²) in [6, 6.07) is 15.3. The first-order valence-electron chi connectivity index (χ1n) is 5.83. The summed E-state index contributed by atoms with van der Waals surface area (Å²) in [6.07, 6.45) is -0.951. The Morgan fingerprint density at radius 3 is 2.67 bits per heavy atom. The molecule has 1 aliphatic heterocycles. The predicted molar refractivity (Wildman–Crippen MR) is 69.9 cm³/mol. The van der Waals surface area contributed by atoms with Gasteiger partial charge in [-0.15, -0.1) is 0 Å². The van der Waals surface area contributed by atoms with E-state index in [9.17, 15) is 5.11 Å². The van der Waals surface area contributed by atoms with Crippen LogP contribution in [0.2, 0.25) is 0 Å². The normalized spacial score (nSPS) is 17.7. The number of fused-ring (bicyclic) bond motifs is 1. The zero-order valence-electron chi connectivity index (χ0n) is 10.00. The molecule has 2 aromatic carbocycles. The van der Waals surface area contributed by atoms with Crippen molar-refractivity contribution in [2.45, 2.75) is 13.2 Å². The average Bonchev–Trinajstić information content (AvgIpc) is 2.40. The number of hydrogen-bond acceptors (Lipinski definition) is 3. The molecule has 0 fully saturated rings. The van der Waals surface area contributed by atoms with E-state index in [1.807, 2.05) is 55.5 Å². The lowest BCUT2D eigenvalue weighted by molar-refractivity contribution is -0.0316. The number of ether oxygens (including phenoxy) is 1. The Bertz CT molecular complexity index is 605. The van der Waals surface area contributed by atoms with Crippen LogP contribution in [-0.2, 0) is 4.74 Å². The highest BCUT2D eigenvalue weighted by Crippen LogP contribution is 2.33. The fourth-order valence-corrected chi connectivity index (χ4v) is 1.99. The van der Waals surface area contributed by atoms with Crippen molar-refractivity contribution < 1.29 is 9.84 Å². The van der Waals surface area contributed by atoms with Gasteiger partial charge < -0.3 is 9.84 Å². The number of aliphatic imine (C=N–C) groups is 1. The molecule has 0 saturated carbocycles. The van der Waals surface area contributed by atoms with E-state index in [1.165, 1.54) is 0 Å². The molecule has 1 N–H and O–H groups in total. The minimum Gasteiger partial charge on any atom is -0.443 e. The molecule has 1 unspecified atom stereocenters. The van der Waals surface area contributed by atoms with Gasteiger partial charge in [0.1, 0.15) is 0 Å². The first kappa shape index (κ1) is 11.0. The lowest BCUT2D eigenvalue weighted by Gasteiger charge is -2.22. The van der Waals surface area contributed by atoms with Crippen LogP contribution in [0.15, 0.2) is 53.5 Å². The van der Waals surface area contributed by atoms with E-state index in [0.29, 0.717) is 5.90 Å². The van der Waals surface area contributed by atoms with E-state index in [-0.39, 0.29) is 0 Å². The van der Waals surface area contributed by atoms with Crippen LogP contribution in [-0.4, -0.2) is 11.0 Å². The van der Waals surface area contributed by atoms with Crippen molar-refractivity contribution in [1.29, 1.82) is 0 Å². The fraction of sp³-hybridized carbons (Fsp3) is 0.133. The van der Waals surface area contributed by atoms with Crippen LogP contribution in [0.5, 0.6) is 0 Å². The van der Waals surface area contributed by atoms with Crippen LogP contribution in [0.4, 0.5) is 5.69 Å². The molecule has 1 atom stereocenters. The van der Waals surface area contributed by atoms with Crippen molar-refractivity contribution in [2.75, 3.05) is 0 Å². The molecule has 3 rings (SSSR count). The van der Waals surface area contributed by atoms with Crippen molar-refractivity contribution in [2.24, 2.45) is 4.99 Å². The molecule has 18 heavy (non-hydrogen) atoms. The zero-order chi connectivity index (χ0) is 12.5. The lowest BCUT2D eigenvalue weighted by atomic mass is 10.1. The topological polar surface area (TPSA) is 41.8 Å². The molecule has 0 aromatic heterocycles. The zero-order valence-corrected chi connectivity index (χ0v) is 10.00. The quantitative estimate of drug-likeness (QED) is 0.830. The summed E-state index contributed by atoms with van der Waals surface area (Å²) in [5.41, 5.74) is 3.42. The number of benzene rings is 2. The minimum atomic E-state index is -0.951. The Kier molecular flexibility index (Phi) is 2.61. The molecule has 0 saturated heterocycles. The molecule has 90 valence electrons. The third-order valence-corrected chi connectivity index (χ3v) is 2.92. The van der Waals surface area contributed by atoms with Gasteiger partial charge in [-0.3, -0.25) is 0 Å². The maximum Gasteiger partial charge on any atom is 0.228 e. The van der Waals surface area contributed by atoms with E-state index in [4.69, 9.17) is 4.74 Å². The Hall–Kier alpha value is -2.13. The molecule has 1 heterocycles. The second-order valence-electron chi connectivity index (χ2n) is 4.32. The number of nitrogens with zero attached hydrogens (tertiary/aromatic N) is 1. The molecule has 3 nitrogen and oxygen atoms in total. The third-order valence-electron chi connectivity index (χ3n) is 2.92. The largest absolute Gasteiger partial charge is 0.443 e. The first-order valence-corrected chi connectivity index (χ1v) is 5.83. The summed E-state index contributed by atoms with van der Waals surface area (Å²) in [5, 5.41) is 10.0. The maximum atomic E-state index is 10.0. The van der Waals surface area contributed by atoms with Crippen molar-refractivity contribution in [3.8, 4) is 0 Å². The van der Waals surface area contributed by atoms with Crippen molar-refractivity contribution in [1.82, 2.24) is 0 Å². The summed E-state index contributed by atoms with van der Waals surface area (Å²) >= 11 is 0. The predicted octanol–water partition coefficient (Wildman–Crippen LogP) is 3.09. The standard InChI is InChI=1S/C15H13NO2/c1-10-7-8-13-12(9-10)15(17)18-14(16-13)11-5-3-2-4-6-11/h2-9,15,17H,1H3. The maximum absolute atomic E-state index is 10.0. The Balaban J connectivity index is 2.08. The summed E-state index contributed by atoms with van der Waals surface area (Å²) < 4.78 is 5.46. The van der Waals surface area contributed by atoms with Gasteiger partial charge in [0.05, 0.1) is 5.69 Å². The van der Waals surface area contributed by atoms with Crippen molar-refractivity contribution in [3.63, 3.8) is 0 Å². The summed E-state index contributed by atoms with van der Waals surface area (Å²) in [6.45, 7) is 1.98. The van der Waals surface area contributed by atoms with Crippen molar-refractivity contribution in [3.05, 3.63) is 65.2 Å². The molecule has 0 spiro atoms. The number of aliphatic hydroxyl groups excluding tert-OH is 1. The van der Waals surface area contributed by atoms with Gasteiger partial charge in [-0.2, -0.15) is 0 Å². The van der Waals surface area contributed by atoms with E-state index < -0.39 is 6.29 Å². The number of hydrogen-bond donors (Lipinski definition) is 1. The van der Waals surface area contributed by atoms with Gasteiger partial charge in [-0.1, -0.05) is 29.8 Å². The second-order valence-corrected chi connectivity index (χ2v) is 4.32. The average molecular weight is 239 g/mol. The molecule has 0 radical (unpaired) electrons. The summed E-state index contributed by atoms with van der Waals surface area (Å²) in [4.78, 5) is 4.44. The monoisotopic (exact) mass is 239 g/mol. The van der Waals surface area contributed by atoms with Crippen LogP contribution in [0.1, 0.15) is 23.0 Å². The van der Waals surface area contributed by atoms with Gasteiger partial charge in [-0.25, -0.2) is 4.99 Å². The molecule has 0 bridgehead atoms. The lowest BCUT2D eigenvalue weighted by Crippen LogP contribution is -2.16. The van der Waals surface area contributed by atoms with Gasteiger partial charge in [-0.05, 0) is 31.2 Å². The molecule has 0 amide bonds. The van der Waals surface area contributed by atoms with Crippen LogP contribution in [0.25, 0.3) is 0 Å². The Morgan fingerprint density at radius 1 is 1.11 bits per heavy atom. The number of aliphatic hydroxyl groups is 1. The van der Waals surface area contributed by atoms with E-state index in [1.54, 1.807) is 0 Å². The highest BCUT2D eigenvalue weighted by atomic mass is 16.6. The summed E-state index contributed by atoms with van der Waals surface area (Å²) in [5.74, 6) is 0.458. The van der Waals surface area contributed by atoms with Crippen LogP contribution >= 0.6 is 0 Å². The number of rotatable bonds is 1. The van der Waals surface area contributed by atoms with E-state index in [0.717, 1.165) is 22.4 Å². The second kappa shape index (κ2) is 4.27. The van der Waals surface area contributed by atoms with E-state index in [2.05, 4.69) is 4.99 Å². The molecular formula is C15H13NO2. The highest BCUT2D eigenvalue weighted by molar-refractivity contribution is 5.97. The molecule has 1 aliphatic rings. The minimum absolute atomic E-state index is 0.458. The smallest absolute Gasteiger partial charge is 0.228 e. The van der Waals surface area contributed by atoms with Crippen molar-refractivity contribution >= 4 is 11.6 Å². The molecule has 2 aromatic rings. The van der Waals surface area contributed by atoms with Gasteiger partial charge in [0.25, 0.3) is 0 Å². The van der Waals surface area contributed by atoms with Crippen LogP contribution < -0.4 is 0 Å². The van der Waals surface area contributed by atoms with Crippen LogP contribution in [0, 0.1) is 6.92 Å². The summed E-state index contributed by atoms with van der Waals surface area (Å²) in [7, 11) is 0. The third kappa shape index (κ3) is 1.89. The Labute approximate surface area is 105 Å². The fourth-order valence-electron chi connectivity index (χ4n) is 1.99. The Morgan fingerprint density at radius 2 is 1.89 bits per heavy atom. The number of aryl methyl sites for hydroxylation is 1. The van der Waals surface area contributed by atoms with Gasteiger partial charge in [0.2, 0.25) is 12.2 Å². The van der Waals surface area contributed by atoms with Crippen LogP contribution in [0.3, 0.4) is 0 Å². The van der Waals surface area contributed by atoms with Gasteiger partial charge in [0, 0.05) is 11.1 Å².